The lowest BCUT2D eigenvalue weighted by Crippen LogP contribution is -2.51. The number of aryl methyl sites for hydroxylation is 2. The van der Waals surface area contributed by atoms with Crippen LogP contribution in [0.15, 0.2) is 6.07 Å². The van der Waals surface area contributed by atoms with Gasteiger partial charge in [-0.1, -0.05) is 0 Å². The lowest BCUT2D eigenvalue weighted by molar-refractivity contribution is -0.143. The quantitative estimate of drug-likeness (QED) is 0.744. The number of nitrogens with two attached hydrogens (primary N) is 1. The van der Waals surface area contributed by atoms with Gasteiger partial charge in [-0.25, -0.2) is 14.3 Å². The van der Waals surface area contributed by atoms with Gasteiger partial charge in [0.15, 0.2) is 6.61 Å². The van der Waals surface area contributed by atoms with Crippen LogP contribution in [0.2, 0.25) is 0 Å². The molecule has 0 spiro atoms. The summed E-state index contributed by atoms with van der Waals surface area (Å²) in [5.74, 6) is -1.73. The molecule has 2 aromatic rings. The second kappa shape index (κ2) is 7.06. The molecule has 10 heteroatoms. The fraction of sp³-hybridized carbons (Fsp3) is 0.500. The number of nitrogens with zero attached hydrogens (tertiary/aromatic N) is 5. The Balaban J connectivity index is 1.67. The summed E-state index contributed by atoms with van der Waals surface area (Å²) in [6.45, 7) is 3.55. The Hall–Kier alpha value is -3.04. The minimum atomic E-state index is -0.825. The van der Waals surface area contributed by atoms with Crippen molar-refractivity contribution in [3.63, 3.8) is 0 Å². The highest BCUT2D eigenvalue weighted by Gasteiger charge is 2.31. The number of hydrogen-bond donors (Lipinski definition) is 1. The van der Waals surface area contributed by atoms with E-state index in [1.165, 1.54) is 9.42 Å². The topological polar surface area (TPSA) is 133 Å². The molecule has 2 aromatic heterocycles. The van der Waals surface area contributed by atoms with Crippen molar-refractivity contribution in [3.8, 4) is 0 Å². The third-order valence-corrected chi connectivity index (χ3v) is 4.28. The summed E-state index contributed by atoms with van der Waals surface area (Å²) < 4.78 is 6.45. The first kappa shape index (κ1) is 17.8. The van der Waals surface area contributed by atoms with Crippen molar-refractivity contribution in [1.29, 1.82) is 0 Å². The number of likely N-dealkylation sites (tertiary alicyclic amines) is 1. The van der Waals surface area contributed by atoms with Gasteiger partial charge in [-0.15, -0.1) is 5.10 Å². The van der Waals surface area contributed by atoms with Gasteiger partial charge in [-0.05, 0) is 39.2 Å². The van der Waals surface area contributed by atoms with Gasteiger partial charge in [0, 0.05) is 17.9 Å². The van der Waals surface area contributed by atoms with Gasteiger partial charge in [-0.2, -0.15) is 4.98 Å². The van der Waals surface area contributed by atoms with Crippen molar-refractivity contribution in [2.45, 2.75) is 39.2 Å². The maximum absolute atomic E-state index is 12.3. The summed E-state index contributed by atoms with van der Waals surface area (Å²) in [6.07, 6.45) is 2.13. The highest BCUT2D eigenvalue weighted by molar-refractivity contribution is 5.90. The van der Waals surface area contributed by atoms with Crippen LogP contribution < -0.4 is 5.73 Å². The number of carbonyl (C=O) groups excluding carboxylic acids is 3. The second-order valence-corrected chi connectivity index (χ2v) is 6.26. The average molecular weight is 360 g/mol. The highest BCUT2D eigenvalue weighted by Crippen LogP contribution is 2.17. The van der Waals surface area contributed by atoms with Crippen molar-refractivity contribution in [2.24, 2.45) is 5.73 Å². The number of primary amides is 1. The largest absolute Gasteiger partial charge is 0.450 e. The van der Waals surface area contributed by atoms with Crippen LogP contribution in [-0.4, -0.2) is 61.5 Å². The van der Waals surface area contributed by atoms with Crippen molar-refractivity contribution < 1.29 is 19.1 Å². The van der Waals surface area contributed by atoms with Crippen molar-refractivity contribution in [2.75, 3.05) is 13.2 Å². The summed E-state index contributed by atoms with van der Waals surface area (Å²) in [5, 5.41) is 4.06. The normalized spacial score (nSPS) is 17.3. The molecule has 1 aliphatic rings. The first-order valence-corrected chi connectivity index (χ1v) is 8.33. The molecule has 0 bridgehead atoms. The van der Waals surface area contributed by atoms with Gasteiger partial charge in [0.05, 0.1) is 0 Å². The SMILES string of the molecule is Cc1cc(C)n2nc(C(=O)OCC(=O)N3CCCC[C@H]3C(N)=O)nc2n1. The Labute approximate surface area is 149 Å². The molecule has 26 heavy (non-hydrogen) atoms. The van der Waals surface area contributed by atoms with E-state index < -0.39 is 30.4 Å². The number of fused-ring (bicyclic) bond motifs is 1. The van der Waals surface area contributed by atoms with Gasteiger partial charge >= 0.3 is 5.97 Å². The van der Waals surface area contributed by atoms with E-state index in [0.29, 0.717) is 13.0 Å². The molecule has 2 N–H and O–H groups in total. The molecule has 0 aliphatic carbocycles. The molecule has 2 amide bonds. The van der Waals surface area contributed by atoms with E-state index in [0.717, 1.165) is 24.2 Å². The molecule has 1 aliphatic heterocycles. The van der Waals surface area contributed by atoms with Crippen molar-refractivity contribution in [1.82, 2.24) is 24.5 Å². The maximum atomic E-state index is 12.3. The van der Waals surface area contributed by atoms with Crippen molar-refractivity contribution in [3.05, 3.63) is 23.3 Å². The molecule has 0 radical (unpaired) electrons. The minimum Gasteiger partial charge on any atom is -0.450 e. The second-order valence-electron chi connectivity index (χ2n) is 6.26. The Bertz CT molecular complexity index is 877. The van der Waals surface area contributed by atoms with Gasteiger partial charge in [-0.3, -0.25) is 9.59 Å². The standard InChI is InChI=1S/C16H20N6O4/c1-9-7-10(2)22-16(18-9)19-14(20-22)15(25)26-8-12(23)21-6-4-3-5-11(21)13(17)24/h7,11H,3-6,8H2,1-2H3,(H2,17,24)/t11-/m0/s1. The predicted molar refractivity (Wildman–Crippen MR) is 89.1 cm³/mol. The number of rotatable bonds is 4. The monoisotopic (exact) mass is 360 g/mol. The molecule has 3 heterocycles. The van der Waals surface area contributed by atoms with Crippen molar-refractivity contribution >= 4 is 23.6 Å². The fourth-order valence-corrected chi connectivity index (χ4v) is 3.05. The van der Waals surface area contributed by atoms with Gasteiger partial charge in [0.25, 0.3) is 17.5 Å². The molecule has 0 aromatic carbocycles. The number of esters is 1. The molecular formula is C16H20N6O4. The molecule has 1 saturated heterocycles. The number of aromatic nitrogens is 4. The molecule has 0 unspecified atom stereocenters. The highest BCUT2D eigenvalue weighted by atomic mass is 16.5. The summed E-state index contributed by atoms with van der Waals surface area (Å²) in [5.41, 5.74) is 6.86. The number of piperidine rings is 1. The smallest absolute Gasteiger partial charge is 0.378 e. The molecule has 1 atom stereocenters. The first-order chi connectivity index (χ1) is 12.4. The summed E-state index contributed by atoms with van der Waals surface area (Å²) >= 11 is 0. The first-order valence-electron chi connectivity index (χ1n) is 8.33. The van der Waals surface area contributed by atoms with E-state index in [9.17, 15) is 14.4 Å². The van der Waals surface area contributed by atoms with E-state index >= 15 is 0 Å². The summed E-state index contributed by atoms with van der Waals surface area (Å²) in [7, 11) is 0. The van der Waals surface area contributed by atoms with Gasteiger partial charge < -0.3 is 15.4 Å². The number of ether oxygens (including phenoxy) is 1. The van der Waals surface area contributed by atoms with E-state index in [2.05, 4.69) is 15.1 Å². The Morgan fingerprint density at radius 2 is 2.04 bits per heavy atom. The molecule has 3 rings (SSSR count). The molecule has 10 nitrogen and oxygen atoms in total. The van der Waals surface area contributed by atoms with Crippen LogP contribution in [0.5, 0.6) is 0 Å². The summed E-state index contributed by atoms with van der Waals surface area (Å²) in [4.78, 5) is 45.5. The fourth-order valence-electron chi connectivity index (χ4n) is 3.05. The van der Waals surface area contributed by atoms with Crippen LogP contribution in [0.4, 0.5) is 0 Å². The van der Waals surface area contributed by atoms with Crippen LogP contribution in [0.3, 0.4) is 0 Å². The van der Waals surface area contributed by atoms with E-state index in [1.54, 1.807) is 6.07 Å². The zero-order valence-corrected chi connectivity index (χ0v) is 14.6. The van der Waals surface area contributed by atoms with Crippen LogP contribution in [0.1, 0.15) is 41.3 Å². The Kier molecular flexibility index (Phi) is 4.83. The van der Waals surface area contributed by atoms with Crippen LogP contribution in [0, 0.1) is 13.8 Å². The van der Waals surface area contributed by atoms with E-state index in [4.69, 9.17) is 10.5 Å². The lowest BCUT2D eigenvalue weighted by Gasteiger charge is -2.33. The number of amides is 2. The molecule has 138 valence electrons. The van der Waals surface area contributed by atoms with E-state index in [1.807, 2.05) is 13.8 Å². The summed E-state index contributed by atoms with van der Waals surface area (Å²) in [6, 6.07) is 1.15. The predicted octanol–water partition coefficient (Wildman–Crippen LogP) is -0.236. The van der Waals surface area contributed by atoms with E-state index in [-0.39, 0.29) is 11.6 Å². The van der Waals surface area contributed by atoms with Gasteiger partial charge in [0.1, 0.15) is 6.04 Å². The van der Waals surface area contributed by atoms with Crippen LogP contribution in [-0.2, 0) is 14.3 Å². The molecule has 0 saturated carbocycles. The number of hydrogen-bond acceptors (Lipinski definition) is 7. The Morgan fingerprint density at radius 3 is 2.77 bits per heavy atom. The Morgan fingerprint density at radius 1 is 1.27 bits per heavy atom. The zero-order chi connectivity index (χ0) is 18.8. The maximum Gasteiger partial charge on any atom is 0.378 e. The zero-order valence-electron chi connectivity index (χ0n) is 14.6. The minimum absolute atomic E-state index is 0.177. The molecule has 1 fully saturated rings. The van der Waals surface area contributed by atoms with Crippen LogP contribution in [0.25, 0.3) is 5.78 Å². The average Bonchev–Trinajstić information content (AvgIpc) is 3.03. The number of carbonyl (C=O) groups is 3. The van der Waals surface area contributed by atoms with Gasteiger partial charge in [0.2, 0.25) is 5.91 Å². The lowest BCUT2D eigenvalue weighted by atomic mass is 10.0. The molecular weight excluding hydrogens is 340 g/mol. The third kappa shape index (κ3) is 3.48. The third-order valence-electron chi connectivity index (χ3n) is 4.28. The van der Waals surface area contributed by atoms with Crippen LogP contribution >= 0.6 is 0 Å².